The second kappa shape index (κ2) is 9.84. The molecular weight excluding hydrogens is 428 g/mol. The number of nitrogen functional groups attached to an aromatic ring is 1. The molecule has 7 nitrogen and oxygen atoms in total. The summed E-state index contributed by atoms with van der Waals surface area (Å²) in [5, 5.41) is 4.15. The lowest BCUT2D eigenvalue weighted by atomic mass is 10.0. The van der Waals surface area contributed by atoms with Crippen LogP contribution >= 0.6 is 0 Å². The SMILES string of the molecule is COc1cc2c(N[C@H](C)c3cc(N)cc(C(F)F)c3)nc(C)nc2cc1CN1CCOCC1. The van der Waals surface area contributed by atoms with Gasteiger partial charge in [0.25, 0.3) is 6.43 Å². The number of halogens is 2. The fraction of sp³-hybridized carbons (Fsp3) is 0.417. The van der Waals surface area contributed by atoms with Gasteiger partial charge in [0.15, 0.2) is 0 Å². The Hall–Kier alpha value is -3.04. The second-order valence-electron chi connectivity index (χ2n) is 8.29. The molecule has 1 aliphatic heterocycles. The highest BCUT2D eigenvalue weighted by atomic mass is 19.3. The summed E-state index contributed by atoms with van der Waals surface area (Å²) in [6, 6.07) is 8.12. The molecule has 0 unspecified atom stereocenters. The fourth-order valence-electron chi connectivity index (χ4n) is 4.11. The van der Waals surface area contributed by atoms with Crippen LogP contribution in [0.2, 0.25) is 0 Å². The first-order chi connectivity index (χ1) is 15.8. The highest BCUT2D eigenvalue weighted by molar-refractivity contribution is 5.91. The monoisotopic (exact) mass is 457 g/mol. The first-order valence-corrected chi connectivity index (χ1v) is 10.9. The number of anilines is 2. The van der Waals surface area contributed by atoms with E-state index in [9.17, 15) is 8.78 Å². The molecule has 176 valence electrons. The van der Waals surface area contributed by atoms with Crippen molar-refractivity contribution in [1.29, 1.82) is 0 Å². The number of nitrogens with one attached hydrogen (secondary N) is 1. The lowest BCUT2D eigenvalue weighted by Crippen LogP contribution is -2.35. The first kappa shape index (κ1) is 23.1. The maximum absolute atomic E-state index is 13.2. The number of aromatic nitrogens is 2. The molecule has 3 aromatic rings. The van der Waals surface area contributed by atoms with Crippen LogP contribution in [0.3, 0.4) is 0 Å². The van der Waals surface area contributed by atoms with Crippen molar-refractivity contribution in [2.24, 2.45) is 0 Å². The maximum atomic E-state index is 13.2. The summed E-state index contributed by atoms with van der Waals surface area (Å²) >= 11 is 0. The summed E-state index contributed by atoms with van der Waals surface area (Å²) in [7, 11) is 1.65. The zero-order valence-corrected chi connectivity index (χ0v) is 19.1. The number of hydrogen-bond acceptors (Lipinski definition) is 7. The molecule has 4 rings (SSSR count). The summed E-state index contributed by atoms with van der Waals surface area (Å²) in [6.45, 7) is 7.64. The van der Waals surface area contributed by atoms with Crippen molar-refractivity contribution in [3.8, 4) is 5.75 Å². The van der Waals surface area contributed by atoms with E-state index in [-0.39, 0.29) is 11.6 Å². The van der Waals surface area contributed by atoms with Gasteiger partial charge in [-0.3, -0.25) is 4.90 Å². The highest BCUT2D eigenvalue weighted by Gasteiger charge is 2.18. The average Bonchev–Trinajstić information content (AvgIpc) is 2.78. The van der Waals surface area contributed by atoms with Crippen molar-refractivity contribution in [2.45, 2.75) is 32.9 Å². The van der Waals surface area contributed by atoms with E-state index in [1.165, 1.54) is 12.1 Å². The number of aryl methyl sites for hydroxylation is 1. The molecule has 0 bridgehead atoms. The first-order valence-electron chi connectivity index (χ1n) is 10.9. The quantitative estimate of drug-likeness (QED) is 0.506. The number of benzene rings is 2. The van der Waals surface area contributed by atoms with Gasteiger partial charge in [-0.15, -0.1) is 0 Å². The number of rotatable bonds is 7. The van der Waals surface area contributed by atoms with Crippen molar-refractivity contribution < 1.29 is 18.3 Å². The Kier molecular flexibility index (Phi) is 6.90. The Bertz CT molecular complexity index is 1140. The molecule has 1 aromatic heterocycles. The number of methoxy groups -OCH3 is 1. The number of fused-ring (bicyclic) bond motifs is 1. The number of nitrogens with two attached hydrogens (primary N) is 1. The van der Waals surface area contributed by atoms with Gasteiger partial charge in [0.1, 0.15) is 17.4 Å². The molecular formula is C24H29F2N5O2. The van der Waals surface area contributed by atoms with E-state index in [0.29, 0.717) is 22.9 Å². The van der Waals surface area contributed by atoms with Crippen LogP contribution in [0.4, 0.5) is 20.3 Å². The van der Waals surface area contributed by atoms with Crippen molar-refractivity contribution in [1.82, 2.24) is 14.9 Å². The van der Waals surface area contributed by atoms with Gasteiger partial charge in [-0.2, -0.15) is 0 Å². The smallest absolute Gasteiger partial charge is 0.263 e. The van der Waals surface area contributed by atoms with Crippen LogP contribution in [0.5, 0.6) is 5.75 Å². The molecule has 33 heavy (non-hydrogen) atoms. The molecule has 2 heterocycles. The molecule has 1 aliphatic rings. The van der Waals surface area contributed by atoms with Crippen molar-refractivity contribution >= 4 is 22.4 Å². The lowest BCUT2D eigenvalue weighted by molar-refractivity contribution is 0.0339. The Morgan fingerprint density at radius 3 is 2.55 bits per heavy atom. The van der Waals surface area contributed by atoms with E-state index in [1.54, 1.807) is 13.2 Å². The number of ether oxygens (including phenoxy) is 2. The van der Waals surface area contributed by atoms with Crippen LogP contribution in [-0.4, -0.2) is 48.3 Å². The Morgan fingerprint density at radius 2 is 1.85 bits per heavy atom. The van der Waals surface area contributed by atoms with E-state index in [1.807, 2.05) is 26.0 Å². The van der Waals surface area contributed by atoms with Crippen LogP contribution in [0.25, 0.3) is 10.9 Å². The minimum Gasteiger partial charge on any atom is -0.496 e. The average molecular weight is 458 g/mol. The minimum absolute atomic E-state index is 0.100. The van der Waals surface area contributed by atoms with Gasteiger partial charge in [-0.25, -0.2) is 18.7 Å². The number of morpholine rings is 1. The summed E-state index contributed by atoms with van der Waals surface area (Å²) < 4.78 is 37.6. The second-order valence-corrected chi connectivity index (χ2v) is 8.29. The van der Waals surface area contributed by atoms with E-state index in [0.717, 1.165) is 55.1 Å². The lowest BCUT2D eigenvalue weighted by Gasteiger charge is -2.27. The van der Waals surface area contributed by atoms with Crippen molar-refractivity contribution in [3.05, 3.63) is 52.8 Å². The van der Waals surface area contributed by atoms with Gasteiger partial charge < -0.3 is 20.5 Å². The number of hydrogen-bond donors (Lipinski definition) is 2. The number of nitrogens with zero attached hydrogens (tertiary/aromatic N) is 3. The standard InChI is InChI=1S/C24H29F2N5O2/c1-14(16-8-17(23(25)26)10-19(27)9-16)28-24-20-12-22(32-3)18(11-21(20)29-15(2)30-24)13-31-4-6-33-7-5-31/h8-12,14,23H,4-7,13,27H2,1-3H3,(H,28,29,30)/t14-/m1/s1. The van der Waals surface area contributed by atoms with Crippen LogP contribution < -0.4 is 15.8 Å². The van der Waals surface area contributed by atoms with E-state index >= 15 is 0 Å². The summed E-state index contributed by atoms with van der Waals surface area (Å²) in [5.74, 6) is 1.98. The molecule has 0 amide bonds. The van der Waals surface area contributed by atoms with E-state index in [2.05, 4.69) is 20.2 Å². The predicted octanol–water partition coefficient (Wildman–Crippen LogP) is 4.47. The van der Waals surface area contributed by atoms with Gasteiger partial charge in [0.2, 0.25) is 0 Å². The third kappa shape index (κ3) is 5.31. The molecule has 0 aliphatic carbocycles. The van der Waals surface area contributed by atoms with Crippen LogP contribution in [0.15, 0.2) is 30.3 Å². The zero-order valence-electron chi connectivity index (χ0n) is 19.1. The van der Waals surface area contributed by atoms with Gasteiger partial charge in [0.05, 0.1) is 31.9 Å². The third-order valence-corrected chi connectivity index (χ3v) is 5.81. The number of alkyl halides is 2. The van der Waals surface area contributed by atoms with Gasteiger partial charge in [-0.1, -0.05) is 0 Å². The van der Waals surface area contributed by atoms with Crippen LogP contribution in [-0.2, 0) is 11.3 Å². The molecule has 1 fully saturated rings. The van der Waals surface area contributed by atoms with Crippen LogP contribution in [0.1, 0.15) is 41.9 Å². The largest absolute Gasteiger partial charge is 0.496 e. The van der Waals surface area contributed by atoms with Gasteiger partial charge >= 0.3 is 0 Å². The Morgan fingerprint density at radius 1 is 1.12 bits per heavy atom. The molecule has 0 radical (unpaired) electrons. The Labute approximate surface area is 191 Å². The molecule has 0 saturated carbocycles. The zero-order chi connectivity index (χ0) is 23.5. The molecule has 9 heteroatoms. The van der Waals surface area contributed by atoms with Gasteiger partial charge in [-0.05, 0) is 49.7 Å². The molecule has 2 aromatic carbocycles. The third-order valence-electron chi connectivity index (χ3n) is 5.81. The summed E-state index contributed by atoms with van der Waals surface area (Å²) in [5.41, 5.74) is 8.55. The summed E-state index contributed by atoms with van der Waals surface area (Å²) in [4.78, 5) is 11.5. The predicted molar refractivity (Wildman–Crippen MR) is 125 cm³/mol. The summed E-state index contributed by atoms with van der Waals surface area (Å²) in [6.07, 6.45) is -2.59. The molecule has 1 saturated heterocycles. The molecule has 3 N–H and O–H groups in total. The fourth-order valence-corrected chi connectivity index (χ4v) is 4.11. The van der Waals surface area contributed by atoms with Crippen molar-refractivity contribution in [2.75, 3.05) is 44.5 Å². The Balaban J connectivity index is 1.67. The van der Waals surface area contributed by atoms with Gasteiger partial charge in [0, 0.05) is 41.8 Å². The minimum atomic E-state index is -2.59. The van der Waals surface area contributed by atoms with Crippen molar-refractivity contribution in [3.63, 3.8) is 0 Å². The topological polar surface area (TPSA) is 85.5 Å². The van der Waals surface area contributed by atoms with Crippen LogP contribution in [0, 0.1) is 6.92 Å². The van der Waals surface area contributed by atoms with E-state index in [4.69, 9.17) is 15.2 Å². The normalized spacial score (nSPS) is 15.7. The maximum Gasteiger partial charge on any atom is 0.263 e. The van der Waals surface area contributed by atoms with E-state index < -0.39 is 6.43 Å². The molecule has 0 spiro atoms. The highest BCUT2D eigenvalue weighted by Crippen LogP contribution is 2.33. The molecule has 1 atom stereocenters.